The van der Waals surface area contributed by atoms with Crippen LogP contribution < -0.4 is 39.1 Å². The second-order valence-electron chi connectivity index (χ2n) is 34.3. The zero-order chi connectivity index (χ0) is 93.0. The third-order valence-electron chi connectivity index (χ3n) is 25.4. The number of carbonyl (C=O) groups is 1. The SMILES string of the molecule is COC[C@@]12COC([C@H](n3cc(-c4cn(-c5ccc6ccc7cccc8ccc5c6c78)nn4)c(=O)[nH]c3=O)O1)[C@H]2OP(C)(=O)O.COC[C@@]12COC([C@H](n3cc(-c4cn(Cc5ccc6ccc7cccc8ccc5c6c78)nn4)c(=O)[nH]c3=O)O1)[C@H]2OP(C)(=O)O.COC[C@@]12COC([C@H](n3cc(C#CCNC(=O)c4ccc5ccc6cccc7ccc4c5c67)c(=O)[nH]c3=O)O1)[C@H]2OP(C)(=O)O. The van der Waals surface area contributed by atoms with Crippen LogP contribution in [0, 0.1) is 11.8 Å². The smallest absolute Gasteiger partial charge is 0.330 e. The van der Waals surface area contributed by atoms with E-state index in [9.17, 15) is 61.9 Å². The predicted octanol–water partition coefficient (Wildman–Crippen LogP) is 9.18. The number of nitrogens with one attached hydrogen (secondary N) is 4. The summed E-state index contributed by atoms with van der Waals surface area (Å²) < 4.78 is 111. The van der Waals surface area contributed by atoms with Crippen molar-refractivity contribution in [3.63, 3.8) is 0 Å². The van der Waals surface area contributed by atoms with Crippen LogP contribution in [-0.2, 0) is 76.4 Å². The predicted molar refractivity (Wildman–Crippen MR) is 491 cm³/mol. The number of methoxy groups -OCH3 is 3. The van der Waals surface area contributed by atoms with Crippen molar-refractivity contribution >= 4 is 126 Å². The maximum Gasteiger partial charge on any atom is 0.330 e. The van der Waals surface area contributed by atoms with Crippen molar-refractivity contribution in [1.82, 2.24) is 64.0 Å². The number of hydrogen-bond donors (Lipinski definition) is 7. The highest BCUT2D eigenvalue weighted by atomic mass is 31.2. The highest BCUT2D eigenvalue weighted by molar-refractivity contribution is 7.52. The monoisotopic (exact) mass is 1870 g/mol. The van der Waals surface area contributed by atoms with Crippen LogP contribution in [0.4, 0.5) is 0 Å². The van der Waals surface area contributed by atoms with E-state index in [1.807, 2.05) is 60.7 Å². The maximum absolute atomic E-state index is 13.2. The van der Waals surface area contributed by atoms with Gasteiger partial charge in [-0.3, -0.25) is 75.1 Å². The second-order valence-corrected chi connectivity index (χ2v) is 39.7. The second kappa shape index (κ2) is 33.4. The van der Waals surface area contributed by atoms with Gasteiger partial charge in [0.15, 0.2) is 18.7 Å². The molecule has 12 aromatic carbocycles. The van der Waals surface area contributed by atoms with Gasteiger partial charge in [-0.1, -0.05) is 174 Å². The van der Waals surface area contributed by atoms with E-state index in [0.717, 1.165) is 111 Å². The summed E-state index contributed by atoms with van der Waals surface area (Å²) in [6, 6.07) is 55.4. The van der Waals surface area contributed by atoms with Gasteiger partial charge < -0.3 is 62.6 Å². The topological polar surface area (TPSA) is 478 Å². The summed E-state index contributed by atoms with van der Waals surface area (Å²) in [5.74, 6) is 5.17. The molecule has 7 N–H and O–H groups in total. The zero-order valence-corrected chi connectivity index (χ0v) is 74.7. The van der Waals surface area contributed by atoms with Crippen molar-refractivity contribution in [1.29, 1.82) is 0 Å². The Morgan fingerprint density at radius 1 is 0.455 bits per heavy atom. The Hall–Kier alpha value is -12.8. The number of carbonyl (C=O) groups excluding carboxylic acids is 1. The molecule has 684 valence electrons. The first-order valence-corrected chi connectivity index (χ1v) is 48.4. The molecule has 0 radical (unpaired) electrons. The molecule has 134 heavy (non-hydrogen) atoms. The van der Waals surface area contributed by atoms with Crippen LogP contribution in [-0.4, -0.2) is 220 Å². The molecule has 6 aliphatic heterocycles. The van der Waals surface area contributed by atoms with Crippen LogP contribution in [0.15, 0.2) is 224 Å². The molecular weight excluding hydrogens is 1790 g/mol. The number of nitrogens with zero attached hydrogens (tertiary/aromatic N) is 9. The van der Waals surface area contributed by atoms with Crippen molar-refractivity contribution in [2.45, 2.75) is 78.7 Å². The summed E-state index contributed by atoms with van der Waals surface area (Å²) in [6.45, 7) is 3.55. The van der Waals surface area contributed by atoms with E-state index in [1.165, 1.54) is 70.6 Å². The molecule has 6 saturated heterocycles. The number of aromatic amines is 3. The number of benzene rings is 12. The third-order valence-corrected chi connectivity index (χ3v) is 27.2. The van der Waals surface area contributed by atoms with Gasteiger partial charge in [-0.15, -0.1) is 10.2 Å². The van der Waals surface area contributed by atoms with Crippen molar-refractivity contribution in [3.8, 4) is 40.0 Å². The molecule has 6 fully saturated rings. The molecule has 23 rings (SSSR count). The summed E-state index contributed by atoms with van der Waals surface area (Å²) in [6.07, 6.45) is -1.83. The molecule has 0 aliphatic carbocycles. The Kier molecular flexibility index (Phi) is 21.9. The Labute approximate surface area is 755 Å². The normalized spacial score (nSPS) is 24.2. The number of H-pyrrole nitrogens is 3. The molecular formula is C93H82N13O25P3. The first kappa shape index (κ1) is 87.8. The molecule has 11 heterocycles. The highest BCUT2D eigenvalue weighted by Gasteiger charge is 2.67. The number of aromatic nitrogens is 12. The summed E-state index contributed by atoms with van der Waals surface area (Å²) in [5, 5.41) is 39.8. The van der Waals surface area contributed by atoms with Gasteiger partial charge in [0.1, 0.15) is 70.4 Å². The third kappa shape index (κ3) is 15.4. The fraction of sp³-hybridized carbons (Fsp3) is 0.280. The van der Waals surface area contributed by atoms with Crippen molar-refractivity contribution < 1.29 is 89.4 Å². The fourth-order valence-corrected chi connectivity index (χ4v) is 22.0. The minimum Gasteiger partial charge on any atom is -0.381 e. The minimum absolute atomic E-state index is 0.00694. The zero-order valence-electron chi connectivity index (χ0n) is 72.0. The molecule has 6 aliphatic rings. The van der Waals surface area contributed by atoms with E-state index in [0.29, 0.717) is 12.1 Å². The first-order chi connectivity index (χ1) is 64.4. The molecule has 1 amide bonds. The number of fused-ring (bicyclic) bond motifs is 6. The van der Waals surface area contributed by atoms with Gasteiger partial charge in [-0.2, -0.15) is 0 Å². The average Bonchev–Trinajstić information content (AvgIpc) is 1.56. The Morgan fingerprint density at radius 3 is 1.28 bits per heavy atom. The largest absolute Gasteiger partial charge is 0.381 e. The van der Waals surface area contributed by atoms with Gasteiger partial charge in [0.05, 0.1) is 81.9 Å². The number of hydrogen-bond acceptors (Lipinski definition) is 26. The van der Waals surface area contributed by atoms with Crippen LogP contribution in [0.3, 0.4) is 0 Å². The summed E-state index contributed by atoms with van der Waals surface area (Å²) in [5.41, 5.74) is -5.13. The van der Waals surface area contributed by atoms with Gasteiger partial charge in [0.25, 0.3) is 22.6 Å². The van der Waals surface area contributed by atoms with E-state index >= 15 is 0 Å². The van der Waals surface area contributed by atoms with Gasteiger partial charge in [-0.25, -0.2) is 23.7 Å². The van der Waals surface area contributed by atoms with Crippen molar-refractivity contribution in [3.05, 3.63) is 274 Å². The molecule has 41 heteroatoms. The summed E-state index contributed by atoms with van der Waals surface area (Å²) >= 11 is 0. The average molecular weight is 1870 g/mol. The molecule has 0 spiro atoms. The molecule has 0 saturated carbocycles. The van der Waals surface area contributed by atoms with E-state index in [4.69, 9.17) is 56.2 Å². The number of amides is 1. The Bertz CT molecular complexity index is 8200. The van der Waals surface area contributed by atoms with Crippen molar-refractivity contribution in [2.75, 3.05) is 87.5 Å². The number of rotatable bonds is 22. The maximum atomic E-state index is 13.2. The van der Waals surface area contributed by atoms with Gasteiger partial charge in [0.2, 0.25) is 0 Å². The van der Waals surface area contributed by atoms with Gasteiger partial charge >= 0.3 is 39.9 Å². The van der Waals surface area contributed by atoms with Gasteiger partial charge in [-0.05, 0) is 109 Å². The lowest BCUT2D eigenvalue weighted by Crippen LogP contribution is -2.46. The fourth-order valence-electron chi connectivity index (χ4n) is 19.8. The van der Waals surface area contributed by atoms with E-state index in [1.54, 1.807) is 27.8 Å². The highest BCUT2D eigenvalue weighted by Crippen LogP contribution is 2.56. The lowest BCUT2D eigenvalue weighted by Gasteiger charge is -2.31. The van der Waals surface area contributed by atoms with Crippen LogP contribution in [0.1, 0.15) is 40.2 Å². The van der Waals surface area contributed by atoms with E-state index < -0.39 is 129 Å². The van der Waals surface area contributed by atoms with Crippen LogP contribution in [0.5, 0.6) is 0 Å². The quantitative estimate of drug-likeness (QED) is 0.0189. The molecule has 15 atom stereocenters. The summed E-state index contributed by atoms with van der Waals surface area (Å²) in [7, 11) is -7.53. The van der Waals surface area contributed by atoms with Crippen LogP contribution in [0.2, 0.25) is 0 Å². The Morgan fingerprint density at radius 2 is 0.828 bits per heavy atom. The molecule has 5 aromatic heterocycles. The van der Waals surface area contributed by atoms with E-state index in [-0.39, 0.29) is 80.2 Å². The van der Waals surface area contributed by atoms with E-state index in [2.05, 4.69) is 150 Å². The molecule has 6 bridgehead atoms. The standard InChI is InChI=1S/C32H28N3O9P.C31H28N5O8P.C30H26N5O8P/c1-41-16-32-17-42-26(27(32)44-45(2,39)40)30(43-32)35-15-21(28(36)34-31(35)38)7-4-14-33-29(37)23-13-11-20-9-8-18-5-3-6-19-10-12-22(23)25(20)24(18)19;1-41-15-31-16-42-26(27(31)44-45(2,39)40)29(43-31)36-13-22(28(37)32-30(36)38)23-14-35(34-33-23)12-20-9-8-19-7-6-17-4-3-5-18-10-11-21(20)25(19)24(17)18;1-40-14-30-15-41-25(26(30)43-44(2,38)39)28(42-30)34-12-20(27(36)31-29(34)37)21-13-35(33-32-21)22-11-9-18-7-6-16-4-3-5-17-8-10-19(22)24(18)23(16)17/h3,5-6,8-13,15,26-27,30H,14,16-17H2,1-2H3,(H,33,37)(H,39,40)(H,34,36,38);3-11,13-14,26-27,29H,12,15-16H2,1-2H3,(H,39,40)(H,32,37,38);3-13,25-26,28H,14-15H2,1-2H3,(H,38,39)(H,31,36,37)/t26?,27-,30-,32+;26?,27-,29-,31+;25?,26-,28-,30+/m111/s1. The van der Waals surface area contributed by atoms with Crippen molar-refractivity contribution in [2.24, 2.45) is 0 Å². The van der Waals surface area contributed by atoms with Crippen LogP contribution in [0.25, 0.3) is 125 Å². The summed E-state index contributed by atoms with van der Waals surface area (Å²) in [4.78, 5) is 127. The number of ether oxygens (including phenoxy) is 9. The van der Waals surface area contributed by atoms with Gasteiger partial charge in [0, 0.05) is 70.9 Å². The van der Waals surface area contributed by atoms with Crippen LogP contribution >= 0.6 is 22.8 Å². The molecule has 6 unspecified atom stereocenters. The molecule has 38 nitrogen and oxygen atoms in total. The lowest BCUT2D eigenvalue weighted by molar-refractivity contribution is -0.190. The molecule has 17 aromatic rings. The first-order valence-electron chi connectivity index (χ1n) is 42.3. The lowest BCUT2D eigenvalue weighted by atomic mass is 9.92. The minimum atomic E-state index is -3.96. The Balaban J connectivity index is 0.000000121.